The van der Waals surface area contributed by atoms with Crippen LogP contribution in [0.4, 0.5) is 0 Å². The molecule has 0 aromatic heterocycles. The molecule has 0 bridgehead atoms. The van der Waals surface area contributed by atoms with Gasteiger partial charge in [0.05, 0.1) is 25.4 Å². The minimum Gasteiger partial charge on any atom is -0.394 e. The summed E-state index contributed by atoms with van der Waals surface area (Å²) in [4.78, 5) is 13.0. The number of aliphatic hydroxyl groups excluding tert-OH is 5. The highest BCUT2D eigenvalue weighted by atomic mass is 16.7. The number of allylic oxidation sites excluding steroid dienone is 7. The van der Waals surface area contributed by atoms with E-state index < -0.39 is 49.5 Å². The smallest absolute Gasteiger partial charge is 0.220 e. The van der Waals surface area contributed by atoms with Crippen LogP contribution in [0.25, 0.3) is 0 Å². The lowest BCUT2D eigenvalue weighted by atomic mass is 9.99. The quantitative estimate of drug-likeness (QED) is 0.0261. The molecule has 0 radical (unpaired) electrons. The van der Waals surface area contributed by atoms with Crippen molar-refractivity contribution in [3.63, 3.8) is 0 Å². The normalized spacial score (nSPS) is 20.0. The Kier molecular flexibility index (Phi) is 45.1. The van der Waals surface area contributed by atoms with Gasteiger partial charge in [-0.05, 0) is 64.2 Å². The fourth-order valence-electron chi connectivity index (χ4n) is 8.85. The second-order valence-electron chi connectivity index (χ2n) is 19.7. The van der Waals surface area contributed by atoms with Gasteiger partial charge in [0.15, 0.2) is 6.29 Å². The number of nitrogens with one attached hydrogen (secondary N) is 1. The highest BCUT2D eigenvalue weighted by Gasteiger charge is 2.44. The van der Waals surface area contributed by atoms with Gasteiger partial charge in [0.2, 0.25) is 5.91 Å². The summed E-state index contributed by atoms with van der Waals surface area (Å²) in [6.07, 6.45) is 56.0. The minimum atomic E-state index is -1.57. The maximum Gasteiger partial charge on any atom is 0.220 e. The zero-order chi connectivity index (χ0) is 48.7. The van der Waals surface area contributed by atoms with Crippen LogP contribution in [0.2, 0.25) is 0 Å². The zero-order valence-corrected chi connectivity index (χ0v) is 43.4. The van der Waals surface area contributed by atoms with Gasteiger partial charge in [-0.2, -0.15) is 0 Å². The molecule has 0 spiro atoms. The van der Waals surface area contributed by atoms with E-state index in [2.05, 4.69) is 55.6 Å². The van der Waals surface area contributed by atoms with Crippen LogP contribution < -0.4 is 5.32 Å². The summed E-state index contributed by atoms with van der Waals surface area (Å²) >= 11 is 0. The monoisotopic (exact) mass is 946 g/mol. The number of aliphatic hydroxyl groups is 5. The van der Waals surface area contributed by atoms with Crippen molar-refractivity contribution in [1.82, 2.24) is 5.32 Å². The summed E-state index contributed by atoms with van der Waals surface area (Å²) < 4.78 is 11.2. The molecule has 0 aliphatic carbocycles. The van der Waals surface area contributed by atoms with E-state index in [1.165, 1.54) is 193 Å². The van der Waals surface area contributed by atoms with Crippen molar-refractivity contribution in [3.05, 3.63) is 48.6 Å². The van der Waals surface area contributed by atoms with Gasteiger partial charge in [0.25, 0.3) is 0 Å². The van der Waals surface area contributed by atoms with Crippen molar-refractivity contribution in [2.45, 2.75) is 301 Å². The van der Waals surface area contributed by atoms with Crippen LogP contribution in [0.15, 0.2) is 48.6 Å². The first kappa shape index (κ1) is 63.2. The molecule has 1 saturated heterocycles. The van der Waals surface area contributed by atoms with Crippen molar-refractivity contribution < 1.29 is 39.8 Å². The van der Waals surface area contributed by atoms with Crippen molar-refractivity contribution in [2.24, 2.45) is 0 Å². The van der Waals surface area contributed by atoms with Crippen molar-refractivity contribution in [3.8, 4) is 0 Å². The van der Waals surface area contributed by atoms with E-state index in [0.717, 1.165) is 44.9 Å². The van der Waals surface area contributed by atoms with Crippen LogP contribution >= 0.6 is 0 Å². The Bertz CT molecular complexity index is 1190. The third-order valence-corrected chi connectivity index (χ3v) is 13.4. The first-order chi connectivity index (χ1) is 32.8. The number of carbonyl (C=O) groups excluding carboxylic acids is 1. The maximum atomic E-state index is 13.0. The molecule has 0 saturated carbocycles. The Morgan fingerprint density at radius 1 is 0.507 bits per heavy atom. The maximum absolute atomic E-state index is 13.0. The third-order valence-electron chi connectivity index (χ3n) is 13.4. The van der Waals surface area contributed by atoms with Gasteiger partial charge in [-0.1, -0.05) is 236 Å². The Labute approximate surface area is 412 Å². The molecule has 1 aliphatic heterocycles. The van der Waals surface area contributed by atoms with Crippen molar-refractivity contribution >= 4 is 5.91 Å². The molecule has 1 fully saturated rings. The fourth-order valence-corrected chi connectivity index (χ4v) is 8.85. The van der Waals surface area contributed by atoms with Crippen LogP contribution in [-0.2, 0) is 14.3 Å². The minimum absolute atomic E-state index is 0.188. The van der Waals surface area contributed by atoms with Gasteiger partial charge < -0.3 is 40.3 Å². The Morgan fingerprint density at radius 3 is 1.34 bits per heavy atom. The summed E-state index contributed by atoms with van der Waals surface area (Å²) in [5.74, 6) is -0.188. The lowest BCUT2D eigenvalue weighted by Crippen LogP contribution is -2.60. The molecular weight excluding hydrogens is 839 g/mol. The Hall–Kier alpha value is -1.85. The highest BCUT2D eigenvalue weighted by Crippen LogP contribution is 2.23. The molecule has 1 amide bonds. The number of unbranched alkanes of at least 4 members (excludes halogenated alkanes) is 32. The van der Waals surface area contributed by atoms with Crippen LogP contribution in [0.3, 0.4) is 0 Å². The molecule has 9 nitrogen and oxygen atoms in total. The number of ether oxygens (including phenoxy) is 2. The summed E-state index contributed by atoms with van der Waals surface area (Å²) in [5, 5.41) is 54.4. The zero-order valence-electron chi connectivity index (χ0n) is 43.4. The molecule has 0 aromatic rings. The number of hydrogen-bond donors (Lipinski definition) is 6. The SMILES string of the molecule is CCCCCCCCCCC/C=C\C/C=C\CCCCCCCCCCCCCC(=O)NC(COC1OC(CO)C(O)C(O)C1O)C(O)/C=C/CC/C=C/CCCCCCCCCCCCC. The highest BCUT2D eigenvalue weighted by molar-refractivity contribution is 5.76. The largest absolute Gasteiger partial charge is 0.394 e. The molecule has 0 aromatic carbocycles. The number of hydrogen-bond acceptors (Lipinski definition) is 8. The number of amides is 1. The summed E-state index contributed by atoms with van der Waals surface area (Å²) in [6.45, 7) is 3.78. The standard InChI is InChI=1S/C58H107NO8/c1-3-5-7-9-11-13-15-17-19-21-22-23-24-25-26-27-28-29-30-32-34-36-38-40-42-44-46-48-54(62)59-51(50-66-58-57(65)56(64)55(63)53(49-60)67-58)52(61)47-45-43-41-39-37-35-33-31-20-18-16-14-12-10-8-6-4-2/h22-23,25-26,37,39,45,47,51-53,55-58,60-61,63-65H,3-21,24,27-36,38,40-44,46,48-50H2,1-2H3,(H,59,62)/b23-22-,26-25-,39-37+,47-45+. The van der Waals surface area contributed by atoms with E-state index in [9.17, 15) is 30.3 Å². The molecule has 1 aliphatic rings. The van der Waals surface area contributed by atoms with Crippen LogP contribution in [0, 0.1) is 0 Å². The molecule has 6 N–H and O–H groups in total. The predicted octanol–water partition coefficient (Wildman–Crippen LogP) is 13.7. The fraction of sp³-hybridized carbons (Fsp3) is 0.845. The van der Waals surface area contributed by atoms with Gasteiger partial charge in [-0.25, -0.2) is 0 Å². The topological polar surface area (TPSA) is 149 Å². The lowest BCUT2D eigenvalue weighted by Gasteiger charge is -2.40. The molecule has 7 unspecified atom stereocenters. The average molecular weight is 946 g/mol. The molecule has 9 heteroatoms. The average Bonchev–Trinajstić information content (AvgIpc) is 3.33. The molecule has 392 valence electrons. The first-order valence-corrected chi connectivity index (χ1v) is 28.4. The second-order valence-corrected chi connectivity index (χ2v) is 19.7. The lowest BCUT2D eigenvalue weighted by molar-refractivity contribution is -0.302. The van der Waals surface area contributed by atoms with Crippen molar-refractivity contribution in [2.75, 3.05) is 13.2 Å². The van der Waals surface area contributed by atoms with E-state index >= 15 is 0 Å². The van der Waals surface area contributed by atoms with E-state index in [4.69, 9.17) is 9.47 Å². The van der Waals surface area contributed by atoms with Crippen LogP contribution in [0.5, 0.6) is 0 Å². The van der Waals surface area contributed by atoms with Gasteiger partial charge in [0.1, 0.15) is 24.4 Å². The number of carbonyl (C=O) groups is 1. The third kappa shape index (κ3) is 37.6. The van der Waals surface area contributed by atoms with Crippen molar-refractivity contribution in [1.29, 1.82) is 0 Å². The van der Waals surface area contributed by atoms with E-state index in [1.807, 2.05) is 6.08 Å². The molecule has 1 rings (SSSR count). The van der Waals surface area contributed by atoms with E-state index in [-0.39, 0.29) is 12.5 Å². The van der Waals surface area contributed by atoms with Gasteiger partial charge >= 0.3 is 0 Å². The van der Waals surface area contributed by atoms with Gasteiger partial charge in [0, 0.05) is 6.42 Å². The van der Waals surface area contributed by atoms with E-state index in [1.54, 1.807) is 6.08 Å². The van der Waals surface area contributed by atoms with Gasteiger partial charge in [-0.15, -0.1) is 0 Å². The number of rotatable bonds is 48. The Balaban J connectivity index is 2.23. The van der Waals surface area contributed by atoms with Gasteiger partial charge in [-0.3, -0.25) is 4.79 Å². The molecule has 1 heterocycles. The molecular formula is C58H107NO8. The van der Waals surface area contributed by atoms with E-state index in [0.29, 0.717) is 6.42 Å². The predicted molar refractivity (Wildman–Crippen MR) is 281 cm³/mol. The van der Waals surface area contributed by atoms with Crippen LogP contribution in [-0.4, -0.2) is 87.5 Å². The first-order valence-electron chi connectivity index (χ1n) is 28.4. The second kappa shape index (κ2) is 47.8. The molecule has 7 atom stereocenters. The summed E-state index contributed by atoms with van der Waals surface area (Å²) in [6, 6.07) is -0.824. The summed E-state index contributed by atoms with van der Waals surface area (Å²) in [5.41, 5.74) is 0. The molecule has 67 heavy (non-hydrogen) atoms. The Morgan fingerprint density at radius 2 is 0.896 bits per heavy atom. The summed E-state index contributed by atoms with van der Waals surface area (Å²) in [7, 11) is 0. The van der Waals surface area contributed by atoms with Crippen LogP contribution in [0.1, 0.15) is 258 Å².